The van der Waals surface area contributed by atoms with Crippen LogP contribution < -0.4 is 9.05 Å². The molecule has 6 rings (SSSR count). The molecule has 0 amide bonds. The van der Waals surface area contributed by atoms with E-state index >= 15 is 0 Å². The van der Waals surface area contributed by atoms with Gasteiger partial charge in [0.1, 0.15) is 42.0 Å². The lowest BCUT2D eigenvalue weighted by molar-refractivity contribution is -0.202. The van der Waals surface area contributed by atoms with Gasteiger partial charge in [0.25, 0.3) is 0 Å². The molecular weight excluding hydrogens is 547 g/mol. The maximum absolute atomic E-state index is 14.3. The number of rotatable bonds is 8. The van der Waals surface area contributed by atoms with Gasteiger partial charge in [0.2, 0.25) is 0 Å². The van der Waals surface area contributed by atoms with E-state index in [1.807, 2.05) is 12.1 Å². The van der Waals surface area contributed by atoms with Crippen LogP contribution >= 0.6 is 7.82 Å². The molecule has 5 atom stereocenters. The Balaban J connectivity index is 1.30. The van der Waals surface area contributed by atoms with Crippen LogP contribution in [0.1, 0.15) is 48.9 Å². The second-order valence-electron chi connectivity index (χ2n) is 10.6. The zero-order valence-corrected chi connectivity index (χ0v) is 23.3. The molecule has 0 unspecified atom stereocenters. The molecular formula is C31H33O9P. The Kier molecular flexibility index (Phi) is 8.15. The van der Waals surface area contributed by atoms with E-state index in [1.165, 1.54) is 0 Å². The van der Waals surface area contributed by atoms with E-state index in [0.29, 0.717) is 29.9 Å². The number of fused-ring (bicyclic) bond motifs is 1. The van der Waals surface area contributed by atoms with Crippen LogP contribution in [0.4, 0.5) is 0 Å². The number of aliphatic hydroxyl groups excluding tert-OH is 1. The maximum Gasteiger partial charge on any atom is 0.587 e. The van der Waals surface area contributed by atoms with Crippen molar-refractivity contribution in [3.8, 4) is 11.5 Å². The molecule has 216 valence electrons. The van der Waals surface area contributed by atoms with Gasteiger partial charge < -0.3 is 28.4 Å². The fourth-order valence-electron chi connectivity index (χ4n) is 5.70. The largest absolute Gasteiger partial charge is 0.587 e. The van der Waals surface area contributed by atoms with Gasteiger partial charge in [-0.3, -0.25) is 4.52 Å². The smallest absolute Gasteiger partial charge is 0.456 e. The van der Waals surface area contributed by atoms with Crippen LogP contribution in [0.15, 0.2) is 91.0 Å². The van der Waals surface area contributed by atoms with Crippen LogP contribution in [-0.2, 0) is 23.3 Å². The fraction of sp³-hybridized carbons (Fsp3) is 0.387. The SMILES string of the molecule is O=C(O[C@@H]1C[C@@H](OP(=O)(Oc2ccccc2)Oc2ccccc2)[C@@H]2OC3(CCCCC3)O[C@@H]2[C@H]1O)c1ccccc1. The molecule has 0 aromatic heterocycles. The van der Waals surface area contributed by atoms with Crippen LogP contribution in [0.2, 0.25) is 0 Å². The van der Waals surface area contributed by atoms with Crippen LogP contribution in [0.5, 0.6) is 11.5 Å². The van der Waals surface area contributed by atoms with Gasteiger partial charge in [0.05, 0.1) is 5.56 Å². The molecule has 2 saturated carbocycles. The minimum absolute atomic E-state index is 0.0133. The molecule has 1 aliphatic heterocycles. The number of hydrogen-bond acceptors (Lipinski definition) is 9. The molecule has 3 aromatic rings. The Morgan fingerprint density at radius 2 is 1.29 bits per heavy atom. The quantitative estimate of drug-likeness (QED) is 0.251. The van der Waals surface area contributed by atoms with Crippen molar-refractivity contribution in [2.75, 3.05) is 0 Å². The molecule has 41 heavy (non-hydrogen) atoms. The second kappa shape index (κ2) is 12.0. The van der Waals surface area contributed by atoms with Crippen LogP contribution in [0, 0.1) is 0 Å². The number of carbonyl (C=O) groups is 1. The second-order valence-corrected chi connectivity index (χ2v) is 12.0. The molecule has 1 N–H and O–H groups in total. The molecule has 10 heteroatoms. The normalized spacial score (nSPS) is 27.1. The van der Waals surface area contributed by atoms with Gasteiger partial charge >= 0.3 is 13.8 Å². The van der Waals surface area contributed by atoms with E-state index in [9.17, 15) is 14.5 Å². The van der Waals surface area contributed by atoms with Crippen LogP contribution in [0.3, 0.4) is 0 Å². The summed E-state index contributed by atoms with van der Waals surface area (Å²) in [6.45, 7) is 0. The van der Waals surface area contributed by atoms with E-state index in [0.717, 1.165) is 19.3 Å². The molecule has 0 bridgehead atoms. The highest BCUT2D eigenvalue weighted by Gasteiger charge is 2.60. The van der Waals surface area contributed by atoms with Gasteiger partial charge in [-0.05, 0) is 49.2 Å². The predicted octanol–water partition coefficient (Wildman–Crippen LogP) is 6.07. The average molecular weight is 581 g/mol. The molecule has 2 aliphatic carbocycles. The molecule has 0 radical (unpaired) electrons. The van der Waals surface area contributed by atoms with Gasteiger partial charge in [0, 0.05) is 19.3 Å². The van der Waals surface area contributed by atoms with Gasteiger partial charge in [0.15, 0.2) is 5.79 Å². The highest BCUT2D eigenvalue weighted by atomic mass is 31.2. The number of aliphatic hydroxyl groups is 1. The first-order chi connectivity index (χ1) is 19.9. The van der Waals surface area contributed by atoms with E-state index in [-0.39, 0.29) is 6.42 Å². The number of para-hydroxylation sites is 2. The van der Waals surface area contributed by atoms with E-state index in [2.05, 4.69) is 0 Å². The van der Waals surface area contributed by atoms with E-state index in [4.69, 9.17) is 27.8 Å². The van der Waals surface area contributed by atoms with Gasteiger partial charge in [-0.25, -0.2) is 9.36 Å². The Labute approximate surface area is 238 Å². The Bertz CT molecular complexity index is 1300. The average Bonchev–Trinajstić information content (AvgIpc) is 3.36. The minimum Gasteiger partial charge on any atom is -0.456 e. The molecule has 3 aromatic carbocycles. The van der Waals surface area contributed by atoms with Crippen molar-refractivity contribution in [1.29, 1.82) is 0 Å². The molecule has 3 fully saturated rings. The first-order valence-corrected chi connectivity index (χ1v) is 15.5. The maximum atomic E-state index is 14.3. The number of phosphoric acid groups is 1. The summed E-state index contributed by atoms with van der Waals surface area (Å²) < 4.78 is 50.8. The monoisotopic (exact) mass is 580 g/mol. The van der Waals surface area contributed by atoms with Crippen molar-refractivity contribution < 1.29 is 42.2 Å². The van der Waals surface area contributed by atoms with Crippen LogP contribution in [-0.4, -0.2) is 47.4 Å². The number of esters is 1. The number of benzene rings is 3. The third-order valence-corrected chi connectivity index (χ3v) is 9.04. The zero-order valence-electron chi connectivity index (χ0n) is 22.5. The molecule has 1 spiro atoms. The third-order valence-electron chi connectivity index (χ3n) is 7.64. The fourth-order valence-corrected chi connectivity index (χ4v) is 7.12. The lowest BCUT2D eigenvalue weighted by Crippen LogP contribution is -2.56. The standard InChI is InChI=1S/C31H33O9P/c32-27-25(35-30(33)22-13-5-1-6-14-22)21-26(28-29(27)37-31(36-28)19-11-4-12-20-31)40-41(34,38-23-15-7-2-8-16-23)39-24-17-9-3-10-18-24/h1-3,5-10,13-18,25-29,32H,4,11-12,19-21H2/t25-,26-,27+,28+,29-/m1/s1. The Morgan fingerprint density at radius 3 is 1.88 bits per heavy atom. The summed E-state index contributed by atoms with van der Waals surface area (Å²) in [6.07, 6.45) is -0.605. The molecule has 1 heterocycles. The van der Waals surface area contributed by atoms with Gasteiger partial charge in [-0.1, -0.05) is 61.0 Å². The van der Waals surface area contributed by atoms with Crippen molar-refractivity contribution in [3.63, 3.8) is 0 Å². The Morgan fingerprint density at radius 1 is 0.756 bits per heavy atom. The van der Waals surface area contributed by atoms with Crippen molar-refractivity contribution in [1.82, 2.24) is 0 Å². The highest BCUT2D eigenvalue weighted by Crippen LogP contribution is 2.54. The highest BCUT2D eigenvalue weighted by molar-refractivity contribution is 7.49. The third kappa shape index (κ3) is 6.35. The lowest BCUT2D eigenvalue weighted by atomic mass is 9.87. The van der Waals surface area contributed by atoms with Crippen LogP contribution in [0.25, 0.3) is 0 Å². The van der Waals surface area contributed by atoms with Gasteiger partial charge in [-0.15, -0.1) is 0 Å². The predicted molar refractivity (Wildman–Crippen MR) is 148 cm³/mol. The molecule has 9 nitrogen and oxygen atoms in total. The summed E-state index contributed by atoms with van der Waals surface area (Å²) >= 11 is 0. The molecule has 3 aliphatic rings. The van der Waals surface area contributed by atoms with Crippen molar-refractivity contribution in [2.24, 2.45) is 0 Å². The minimum atomic E-state index is -4.33. The summed E-state index contributed by atoms with van der Waals surface area (Å²) in [5.74, 6) is -0.904. The summed E-state index contributed by atoms with van der Waals surface area (Å²) in [5, 5.41) is 11.4. The van der Waals surface area contributed by atoms with Gasteiger partial charge in [-0.2, -0.15) is 0 Å². The van der Waals surface area contributed by atoms with E-state index < -0.39 is 50.1 Å². The first kappa shape index (κ1) is 27.9. The summed E-state index contributed by atoms with van der Waals surface area (Å²) in [6, 6.07) is 25.7. The number of ether oxygens (including phenoxy) is 3. The topological polar surface area (TPSA) is 110 Å². The van der Waals surface area contributed by atoms with Crippen molar-refractivity contribution in [3.05, 3.63) is 96.6 Å². The lowest BCUT2D eigenvalue weighted by Gasteiger charge is -2.39. The number of hydrogen-bond donors (Lipinski definition) is 1. The van der Waals surface area contributed by atoms with E-state index in [1.54, 1.807) is 78.9 Å². The van der Waals surface area contributed by atoms with Crippen molar-refractivity contribution >= 4 is 13.8 Å². The first-order valence-electron chi connectivity index (χ1n) is 14.0. The summed E-state index contributed by atoms with van der Waals surface area (Å²) in [4.78, 5) is 13.0. The number of phosphoric ester groups is 1. The Hall–Kier alpha value is -3.20. The van der Waals surface area contributed by atoms with Crippen molar-refractivity contribution in [2.45, 2.75) is 74.8 Å². The zero-order chi connectivity index (χ0) is 28.3. The molecule has 1 saturated heterocycles. The summed E-state index contributed by atoms with van der Waals surface area (Å²) in [7, 11) is -4.33. The summed E-state index contributed by atoms with van der Waals surface area (Å²) in [5.41, 5.74) is 0.345. The number of carbonyl (C=O) groups excluding carboxylic acids is 1.